The van der Waals surface area contributed by atoms with Crippen LogP contribution in [0.2, 0.25) is 0 Å². The first-order valence-corrected chi connectivity index (χ1v) is 13.2. The number of anilines is 3. The van der Waals surface area contributed by atoms with Gasteiger partial charge in [0.2, 0.25) is 0 Å². The minimum Gasteiger partial charge on any atom is -0.456 e. The fourth-order valence-corrected chi connectivity index (χ4v) is 5.47. The summed E-state index contributed by atoms with van der Waals surface area (Å²) >= 11 is 0. The lowest BCUT2D eigenvalue weighted by Crippen LogP contribution is -2.13. The molecule has 0 fully saturated rings. The molecule has 1 heterocycles. The monoisotopic (exact) mass is 491 g/mol. The zero-order valence-electron chi connectivity index (χ0n) is 21.9. The van der Waals surface area contributed by atoms with Crippen molar-refractivity contribution in [2.45, 2.75) is 26.2 Å². The van der Waals surface area contributed by atoms with Crippen molar-refractivity contribution >= 4 is 60.5 Å². The molecule has 0 N–H and O–H groups in total. The summed E-state index contributed by atoms with van der Waals surface area (Å²) in [4.78, 5) is 2.32. The number of para-hydroxylation sites is 1. The predicted molar refractivity (Wildman–Crippen MR) is 162 cm³/mol. The van der Waals surface area contributed by atoms with Gasteiger partial charge in [0.1, 0.15) is 11.2 Å². The quantitative estimate of drug-likeness (QED) is 0.244. The van der Waals surface area contributed by atoms with Crippen LogP contribution in [0.3, 0.4) is 0 Å². The van der Waals surface area contributed by atoms with E-state index in [0.29, 0.717) is 0 Å². The number of benzene rings is 6. The molecule has 0 atom stereocenters. The third kappa shape index (κ3) is 3.81. The fourth-order valence-electron chi connectivity index (χ4n) is 5.47. The van der Waals surface area contributed by atoms with Gasteiger partial charge in [-0.3, -0.25) is 0 Å². The lowest BCUT2D eigenvalue weighted by molar-refractivity contribution is 0.590. The van der Waals surface area contributed by atoms with Crippen LogP contribution < -0.4 is 4.90 Å². The Morgan fingerprint density at radius 3 is 1.66 bits per heavy atom. The van der Waals surface area contributed by atoms with Crippen molar-refractivity contribution in [2.24, 2.45) is 0 Å². The van der Waals surface area contributed by atoms with E-state index < -0.39 is 0 Å². The molecule has 0 amide bonds. The molecule has 7 aromatic rings. The summed E-state index contributed by atoms with van der Waals surface area (Å²) in [5.41, 5.74) is 6.68. The van der Waals surface area contributed by atoms with Crippen molar-refractivity contribution in [2.75, 3.05) is 4.90 Å². The van der Waals surface area contributed by atoms with Crippen LogP contribution in [0.5, 0.6) is 0 Å². The van der Waals surface area contributed by atoms with Crippen molar-refractivity contribution in [3.8, 4) is 0 Å². The van der Waals surface area contributed by atoms with Crippen LogP contribution in [0.25, 0.3) is 43.5 Å². The van der Waals surface area contributed by atoms with Gasteiger partial charge in [0.25, 0.3) is 0 Å². The zero-order valence-corrected chi connectivity index (χ0v) is 21.9. The Morgan fingerprint density at radius 2 is 1.00 bits per heavy atom. The predicted octanol–water partition coefficient (Wildman–Crippen LogP) is 10.7. The standard InChI is InChI=1S/C36H29NO/c1-36(2,3)28-14-17-30(18-15-28)37(29-11-5-4-6-12-29)31-16-13-26-21-33-32-20-24-9-7-8-10-25(24)22-34(32)38-35(33)23-27(26)19-31/h4-23H,1-3H3. The van der Waals surface area contributed by atoms with Gasteiger partial charge in [-0.2, -0.15) is 0 Å². The first kappa shape index (κ1) is 22.6. The van der Waals surface area contributed by atoms with E-state index >= 15 is 0 Å². The smallest absolute Gasteiger partial charge is 0.136 e. The van der Waals surface area contributed by atoms with Crippen LogP contribution in [0.15, 0.2) is 126 Å². The molecule has 0 bridgehead atoms. The van der Waals surface area contributed by atoms with Gasteiger partial charge in [-0.1, -0.05) is 81.4 Å². The molecule has 2 heteroatoms. The number of hydrogen-bond acceptors (Lipinski definition) is 2. The van der Waals surface area contributed by atoms with Gasteiger partial charge in [0, 0.05) is 27.8 Å². The molecule has 184 valence electrons. The molecule has 38 heavy (non-hydrogen) atoms. The van der Waals surface area contributed by atoms with Gasteiger partial charge in [0.15, 0.2) is 0 Å². The van der Waals surface area contributed by atoms with E-state index in [1.165, 1.54) is 21.7 Å². The Bertz CT molecular complexity index is 1940. The van der Waals surface area contributed by atoms with E-state index in [9.17, 15) is 0 Å². The van der Waals surface area contributed by atoms with Crippen LogP contribution in [-0.2, 0) is 5.41 Å². The highest BCUT2D eigenvalue weighted by molar-refractivity contribution is 6.13. The maximum atomic E-state index is 6.37. The number of rotatable bonds is 3. The second-order valence-electron chi connectivity index (χ2n) is 11.1. The van der Waals surface area contributed by atoms with Crippen molar-refractivity contribution in [3.63, 3.8) is 0 Å². The molecular weight excluding hydrogens is 462 g/mol. The number of nitrogens with zero attached hydrogens (tertiary/aromatic N) is 1. The molecule has 0 aliphatic rings. The maximum absolute atomic E-state index is 6.37. The summed E-state index contributed by atoms with van der Waals surface area (Å²) in [6, 6.07) is 43.5. The first-order chi connectivity index (χ1) is 18.4. The van der Waals surface area contributed by atoms with Crippen LogP contribution >= 0.6 is 0 Å². The van der Waals surface area contributed by atoms with Crippen LogP contribution in [0, 0.1) is 0 Å². The molecule has 0 aliphatic heterocycles. The normalized spacial score (nSPS) is 12.1. The van der Waals surface area contributed by atoms with Crippen molar-refractivity contribution in [1.82, 2.24) is 0 Å². The van der Waals surface area contributed by atoms with Crippen molar-refractivity contribution in [3.05, 3.63) is 127 Å². The minimum atomic E-state index is 0.114. The Labute approximate surface area is 222 Å². The molecule has 2 nitrogen and oxygen atoms in total. The van der Waals surface area contributed by atoms with E-state index in [1.54, 1.807) is 0 Å². The second kappa shape index (κ2) is 8.49. The molecule has 0 radical (unpaired) electrons. The van der Waals surface area contributed by atoms with Crippen molar-refractivity contribution < 1.29 is 4.42 Å². The van der Waals surface area contributed by atoms with Gasteiger partial charge in [0.05, 0.1) is 0 Å². The van der Waals surface area contributed by atoms with E-state index in [1.807, 2.05) is 0 Å². The highest BCUT2D eigenvalue weighted by Crippen LogP contribution is 2.39. The van der Waals surface area contributed by atoms with E-state index in [4.69, 9.17) is 4.42 Å². The summed E-state index contributed by atoms with van der Waals surface area (Å²) in [5, 5.41) is 7.10. The van der Waals surface area contributed by atoms with Gasteiger partial charge in [-0.25, -0.2) is 0 Å². The van der Waals surface area contributed by atoms with Crippen LogP contribution in [0.4, 0.5) is 17.1 Å². The molecule has 0 aliphatic carbocycles. The van der Waals surface area contributed by atoms with Gasteiger partial charge >= 0.3 is 0 Å². The molecule has 0 spiro atoms. The summed E-state index contributed by atoms with van der Waals surface area (Å²) in [5.74, 6) is 0. The van der Waals surface area contributed by atoms with Crippen LogP contribution in [0.1, 0.15) is 26.3 Å². The highest BCUT2D eigenvalue weighted by Gasteiger charge is 2.17. The van der Waals surface area contributed by atoms with Gasteiger partial charge in [-0.15, -0.1) is 0 Å². The highest BCUT2D eigenvalue weighted by atomic mass is 16.3. The van der Waals surface area contributed by atoms with E-state index in [2.05, 4.69) is 147 Å². The number of fused-ring (bicyclic) bond motifs is 5. The topological polar surface area (TPSA) is 16.4 Å². The number of furan rings is 1. The second-order valence-corrected chi connectivity index (χ2v) is 11.1. The lowest BCUT2D eigenvalue weighted by Gasteiger charge is -2.27. The van der Waals surface area contributed by atoms with E-state index in [0.717, 1.165) is 44.4 Å². The molecule has 1 aromatic heterocycles. The molecule has 0 saturated carbocycles. The number of hydrogen-bond donors (Lipinski definition) is 0. The summed E-state index contributed by atoms with van der Waals surface area (Å²) < 4.78 is 6.37. The molecule has 0 saturated heterocycles. The lowest BCUT2D eigenvalue weighted by atomic mass is 9.87. The van der Waals surface area contributed by atoms with Gasteiger partial charge in [-0.05, 0) is 93.2 Å². The van der Waals surface area contributed by atoms with Crippen molar-refractivity contribution in [1.29, 1.82) is 0 Å². The minimum absolute atomic E-state index is 0.114. The summed E-state index contributed by atoms with van der Waals surface area (Å²) in [6.45, 7) is 6.76. The fraction of sp³-hybridized carbons (Fsp3) is 0.111. The van der Waals surface area contributed by atoms with Gasteiger partial charge < -0.3 is 9.32 Å². The summed E-state index contributed by atoms with van der Waals surface area (Å²) in [6.07, 6.45) is 0. The molecule has 0 unspecified atom stereocenters. The Hall–Kier alpha value is -4.56. The SMILES string of the molecule is CC(C)(C)c1ccc(N(c2ccccc2)c2ccc3cc4c(cc3c2)oc2cc3ccccc3cc24)cc1. The Kier molecular flexibility index (Phi) is 5.06. The zero-order chi connectivity index (χ0) is 25.9. The first-order valence-electron chi connectivity index (χ1n) is 13.2. The average molecular weight is 492 g/mol. The molecule has 6 aromatic carbocycles. The molecule has 7 rings (SSSR count). The largest absolute Gasteiger partial charge is 0.456 e. The third-order valence-corrected chi connectivity index (χ3v) is 7.54. The third-order valence-electron chi connectivity index (χ3n) is 7.54. The summed E-state index contributed by atoms with van der Waals surface area (Å²) in [7, 11) is 0. The average Bonchev–Trinajstić information content (AvgIpc) is 3.27. The van der Waals surface area contributed by atoms with E-state index in [-0.39, 0.29) is 5.41 Å². The maximum Gasteiger partial charge on any atom is 0.136 e. The Morgan fingerprint density at radius 1 is 0.474 bits per heavy atom. The molecular formula is C36H29NO. The van der Waals surface area contributed by atoms with Crippen LogP contribution in [-0.4, -0.2) is 0 Å². The Balaban J connectivity index is 1.39.